The second kappa shape index (κ2) is 7.56. The third-order valence-corrected chi connectivity index (χ3v) is 3.17. The lowest BCUT2D eigenvalue weighted by molar-refractivity contribution is 0.0866. The summed E-state index contributed by atoms with van der Waals surface area (Å²) in [5.74, 6) is -0.324. The molecule has 0 bridgehead atoms. The Labute approximate surface area is 114 Å². The van der Waals surface area contributed by atoms with Gasteiger partial charge in [0.05, 0.1) is 19.3 Å². The summed E-state index contributed by atoms with van der Waals surface area (Å²) in [5.41, 5.74) is 6.18. The minimum absolute atomic E-state index is 0. The molecule has 1 aromatic carbocycles. The van der Waals surface area contributed by atoms with Gasteiger partial charge in [0.1, 0.15) is 0 Å². The first kappa shape index (κ1) is 17.2. The van der Waals surface area contributed by atoms with Crippen LogP contribution in [0, 0.1) is 11.7 Å². The molecule has 104 valence electrons. The Hall–Kier alpha value is -0.840. The van der Waals surface area contributed by atoms with Crippen LogP contribution in [-0.4, -0.2) is 18.3 Å². The lowest BCUT2D eigenvalue weighted by atomic mass is 9.91. The molecule has 0 aliphatic heterocycles. The van der Waals surface area contributed by atoms with Gasteiger partial charge < -0.3 is 15.6 Å². The van der Waals surface area contributed by atoms with Gasteiger partial charge in [-0.25, -0.2) is 4.39 Å². The molecule has 1 aromatic rings. The van der Waals surface area contributed by atoms with Gasteiger partial charge in [0.25, 0.3) is 0 Å². The predicted molar refractivity (Wildman–Crippen MR) is 72.6 cm³/mol. The van der Waals surface area contributed by atoms with Crippen LogP contribution in [0.25, 0.3) is 0 Å². The van der Waals surface area contributed by atoms with E-state index in [4.69, 9.17) is 10.5 Å². The zero-order valence-corrected chi connectivity index (χ0v) is 11.7. The van der Waals surface area contributed by atoms with Gasteiger partial charge in [0.15, 0.2) is 11.6 Å². The van der Waals surface area contributed by atoms with Gasteiger partial charge in [-0.2, -0.15) is 0 Å². The highest BCUT2D eigenvalue weighted by Gasteiger charge is 2.25. The van der Waals surface area contributed by atoms with Crippen molar-refractivity contribution in [3.05, 3.63) is 29.6 Å². The number of methoxy groups -OCH3 is 1. The van der Waals surface area contributed by atoms with E-state index in [1.807, 2.05) is 13.8 Å². The molecule has 3 nitrogen and oxygen atoms in total. The van der Waals surface area contributed by atoms with Crippen LogP contribution in [0.15, 0.2) is 18.2 Å². The smallest absolute Gasteiger partial charge is 0.169 e. The zero-order chi connectivity index (χ0) is 13.0. The topological polar surface area (TPSA) is 55.5 Å². The van der Waals surface area contributed by atoms with Crippen molar-refractivity contribution in [3.63, 3.8) is 0 Å². The van der Waals surface area contributed by atoms with Gasteiger partial charge in [-0.3, -0.25) is 0 Å². The summed E-state index contributed by atoms with van der Waals surface area (Å²) < 4.78 is 18.8. The minimum atomic E-state index is -0.762. The molecular formula is C13H21ClFNO2. The fourth-order valence-corrected chi connectivity index (χ4v) is 1.72. The highest BCUT2D eigenvalue weighted by molar-refractivity contribution is 5.85. The largest absolute Gasteiger partial charge is 0.494 e. The van der Waals surface area contributed by atoms with Crippen LogP contribution < -0.4 is 10.5 Å². The summed E-state index contributed by atoms with van der Waals surface area (Å²) in [6.07, 6.45) is 0.0297. The number of hydrogen-bond donors (Lipinski definition) is 2. The summed E-state index contributed by atoms with van der Waals surface area (Å²) in [7, 11) is 1.40. The lowest BCUT2D eigenvalue weighted by Gasteiger charge is -2.24. The van der Waals surface area contributed by atoms with Crippen LogP contribution in [0.2, 0.25) is 0 Å². The van der Waals surface area contributed by atoms with Crippen molar-refractivity contribution in [1.29, 1.82) is 0 Å². The van der Waals surface area contributed by atoms with Gasteiger partial charge in [-0.05, 0) is 12.0 Å². The molecule has 0 saturated carbocycles. The van der Waals surface area contributed by atoms with Crippen LogP contribution in [-0.2, 0) is 0 Å². The second-order valence-corrected chi connectivity index (χ2v) is 4.27. The van der Waals surface area contributed by atoms with E-state index >= 15 is 0 Å². The van der Waals surface area contributed by atoms with Crippen molar-refractivity contribution in [2.24, 2.45) is 11.7 Å². The molecule has 0 aliphatic carbocycles. The van der Waals surface area contributed by atoms with Crippen LogP contribution in [0.4, 0.5) is 4.39 Å². The Bertz CT molecular complexity index is 376. The average Bonchev–Trinajstić information content (AvgIpc) is 2.36. The number of rotatable bonds is 5. The highest BCUT2D eigenvalue weighted by Crippen LogP contribution is 2.28. The van der Waals surface area contributed by atoms with Gasteiger partial charge in [0, 0.05) is 5.56 Å². The number of benzene rings is 1. The monoisotopic (exact) mass is 277 g/mol. The summed E-state index contributed by atoms with van der Waals surface area (Å²) in [6, 6.07) is 4.04. The maximum absolute atomic E-state index is 13.9. The highest BCUT2D eigenvalue weighted by atomic mass is 35.5. The normalized spacial score (nSPS) is 15.4. The molecule has 0 spiro atoms. The molecule has 3 atom stereocenters. The molecule has 0 amide bonds. The van der Waals surface area contributed by atoms with Gasteiger partial charge in [-0.15, -0.1) is 12.4 Å². The number of aliphatic hydroxyl groups excluding tert-OH is 1. The summed E-state index contributed by atoms with van der Waals surface area (Å²) in [4.78, 5) is 0. The number of aliphatic hydroxyl groups is 1. The Morgan fingerprint density at radius 1 is 1.44 bits per heavy atom. The van der Waals surface area contributed by atoms with E-state index in [-0.39, 0.29) is 29.6 Å². The number of nitrogens with two attached hydrogens (primary N) is 1. The predicted octanol–water partition coefficient (Wildman–Crippen LogP) is 2.66. The van der Waals surface area contributed by atoms with Gasteiger partial charge in [0.2, 0.25) is 0 Å². The quantitative estimate of drug-likeness (QED) is 0.870. The van der Waals surface area contributed by atoms with Crippen molar-refractivity contribution >= 4 is 12.4 Å². The second-order valence-electron chi connectivity index (χ2n) is 4.27. The van der Waals surface area contributed by atoms with Crippen molar-refractivity contribution in [2.75, 3.05) is 7.11 Å². The van der Waals surface area contributed by atoms with Gasteiger partial charge >= 0.3 is 0 Å². The van der Waals surface area contributed by atoms with E-state index in [9.17, 15) is 9.50 Å². The standard InChI is InChI=1S/C13H20FNO2.ClH/c1-4-8(2)13(16)12(15)9-6-5-7-10(17-3)11(9)14;/h5-8,12-13,16H,4,15H2,1-3H3;1H/t8?,12-,13+;/m0./s1. The van der Waals surface area contributed by atoms with E-state index in [1.54, 1.807) is 12.1 Å². The molecule has 5 heteroatoms. The Morgan fingerprint density at radius 2 is 2.06 bits per heavy atom. The first-order chi connectivity index (χ1) is 8.02. The molecule has 18 heavy (non-hydrogen) atoms. The van der Waals surface area contributed by atoms with Crippen molar-refractivity contribution in [2.45, 2.75) is 32.4 Å². The molecule has 0 radical (unpaired) electrons. The third kappa shape index (κ3) is 3.57. The maximum Gasteiger partial charge on any atom is 0.169 e. The zero-order valence-electron chi connectivity index (χ0n) is 10.9. The Kier molecular flexibility index (Phi) is 7.21. The van der Waals surface area contributed by atoms with E-state index in [0.717, 1.165) is 6.42 Å². The molecule has 1 unspecified atom stereocenters. The van der Waals surface area contributed by atoms with Crippen molar-refractivity contribution in [3.8, 4) is 5.75 Å². The molecular weight excluding hydrogens is 257 g/mol. The molecule has 3 N–H and O–H groups in total. The Morgan fingerprint density at radius 3 is 2.56 bits per heavy atom. The van der Waals surface area contributed by atoms with E-state index < -0.39 is 18.0 Å². The summed E-state index contributed by atoms with van der Waals surface area (Å²) in [6.45, 7) is 3.85. The van der Waals surface area contributed by atoms with Crippen LogP contribution >= 0.6 is 12.4 Å². The molecule has 1 rings (SSSR count). The summed E-state index contributed by atoms with van der Waals surface area (Å²) in [5, 5.41) is 10.00. The first-order valence-corrected chi connectivity index (χ1v) is 5.78. The molecule has 0 aromatic heterocycles. The minimum Gasteiger partial charge on any atom is -0.494 e. The summed E-state index contributed by atoms with van der Waals surface area (Å²) >= 11 is 0. The Balaban J connectivity index is 0.00000289. The fraction of sp³-hybridized carbons (Fsp3) is 0.538. The molecule has 0 fully saturated rings. The average molecular weight is 278 g/mol. The van der Waals surface area contributed by atoms with Crippen LogP contribution in [0.1, 0.15) is 31.9 Å². The maximum atomic E-state index is 13.9. The third-order valence-electron chi connectivity index (χ3n) is 3.17. The lowest BCUT2D eigenvalue weighted by Crippen LogP contribution is -2.32. The van der Waals surface area contributed by atoms with E-state index in [1.165, 1.54) is 13.2 Å². The SMILES string of the molecule is CCC(C)[C@@H](O)[C@@H](N)c1cccc(OC)c1F.Cl. The number of ether oxygens (including phenoxy) is 1. The van der Waals surface area contributed by atoms with Crippen molar-refractivity contribution < 1.29 is 14.2 Å². The van der Waals surface area contributed by atoms with Crippen LogP contribution in [0.3, 0.4) is 0 Å². The number of halogens is 2. The molecule has 0 saturated heterocycles. The van der Waals surface area contributed by atoms with Gasteiger partial charge in [-0.1, -0.05) is 32.4 Å². The first-order valence-electron chi connectivity index (χ1n) is 5.78. The van der Waals surface area contributed by atoms with E-state index in [2.05, 4.69) is 0 Å². The van der Waals surface area contributed by atoms with E-state index in [0.29, 0.717) is 0 Å². The van der Waals surface area contributed by atoms with Crippen molar-refractivity contribution in [1.82, 2.24) is 0 Å². The molecule has 0 heterocycles. The van der Waals surface area contributed by atoms with Crippen LogP contribution in [0.5, 0.6) is 5.75 Å². The fourth-order valence-electron chi connectivity index (χ4n) is 1.72. The number of hydrogen-bond acceptors (Lipinski definition) is 3. The molecule has 0 aliphatic rings.